The van der Waals surface area contributed by atoms with Crippen molar-refractivity contribution in [2.75, 3.05) is 5.73 Å². The molecule has 1 heterocycles. The zero-order chi connectivity index (χ0) is 12.7. The first-order valence-electron chi connectivity index (χ1n) is 5.58. The quantitative estimate of drug-likeness (QED) is 0.539. The molecule has 0 amide bonds. The maximum Gasteiger partial charge on any atom is 0.291 e. The lowest BCUT2D eigenvalue weighted by Gasteiger charge is -2.05. The summed E-state index contributed by atoms with van der Waals surface area (Å²) in [6.07, 6.45) is 7.82. The molecule has 0 unspecified atom stereocenters. The van der Waals surface area contributed by atoms with Crippen LogP contribution in [0, 0.1) is 16.0 Å². The summed E-state index contributed by atoms with van der Waals surface area (Å²) in [6.45, 7) is 0. The number of nitrogens with one attached hydrogen (secondary N) is 1. The fourth-order valence-electron chi connectivity index (χ4n) is 2.06. The lowest BCUT2D eigenvalue weighted by atomic mass is 10.0. The van der Waals surface area contributed by atoms with Gasteiger partial charge in [0.25, 0.3) is 5.09 Å². The first-order chi connectivity index (χ1) is 8.08. The van der Waals surface area contributed by atoms with Gasteiger partial charge in [0, 0.05) is 6.42 Å². The topological polar surface area (TPSA) is 131 Å². The first-order valence-corrected chi connectivity index (χ1v) is 5.58. The van der Waals surface area contributed by atoms with Gasteiger partial charge >= 0.3 is 0 Å². The fourth-order valence-corrected chi connectivity index (χ4v) is 2.06. The zero-order valence-corrected chi connectivity index (χ0v) is 9.50. The lowest BCUT2D eigenvalue weighted by Crippen LogP contribution is -1.97. The van der Waals surface area contributed by atoms with Crippen molar-refractivity contribution >= 4 is 5.95 Å². The summed E-state index contributed by atoms with van der Waals surface area (Å²) in [5, 5.41) is 20.3. The van der Waals surface area contributed by atoms with E-state index in [1.807, 2.05) is 0 Å². The van der Waals surface area contributed by atoms with E-state index in [0.717, 1.165) is 18.2 Å². The Morgan fingerprint density at radius 3 is 2.59 bits per heavy atom. The van der Waals surface area contributed by atoms with Gasteiger partial charge in [0.15, 0.2) is 0 Å². The molecule has 0 spiro atoms. The molecular formula is C9H17N5O3. The van der Waals surface area contributed by atoms with Gasteiger partial charge in [-0.3, -0.25) is 5.10 Å². The molecule has 0 radical (unpaired) electrons. The molecule has 0 aromatic carbocycles. The van der Waals surface area contributed by atoms with Gasteiger partial charge < -0.3 is 10.9 Å². The van der Waals surface area contributed by atoms with Crippen LogP contribution in [0.1, 0.15) is 37.9 Å². The van der Waals surface area contributed by atoms with Crippen LogP contribution in [0.25, 0.3) is 0 Å². The maximum atomic E-state index is 8.36. The molecule has 1 aromatic heterocycles. The lowest BCUT2D eigenvalue weighted by molar-refractivity contribution is -0.742. The Hall–Kier alpha value is -1.86. The predicted octanol–water partition coefficient (Wildman–Crippen LogP) is 1.16. The molecule has 0 atom stereocenters. The molecule has 17 heavy (non-hydrogen) atoms. The summed E-state index contributed by atoms with van der Waals surface area (Å²) in [7, 11) is 0. The van der Waals surface area contributed by atoms with Crippen LogP contribution in [0.15, 0.2) is 0 Å². The number of aromatic nitrogens is 3. The average molecular weight is 243 g/mol. The number of H-pyrrole nitrogens is 1. The number of hydrogen-bond acceptors (Lipinski definition) is 5. The molecule has 1 aliphatic rings. The highest BCUT2D eigenvalue weighted by Gasteiger charge is 2.15. The second-order valence-electron chi connectivity index (χ2n) is 4.07. The molecule has 4 N–H and O–H groups in total. The van der Waals surface area contributed by atoms with Gasteiger partial charge in [0.05, 0.1) is 0 Å². The molecular weight excluding hydrogens is 226 g/mol. The van der Waals surface area contributed by atoms with Gasteiger partial charge in [-0.15, -0.1) is 15.2 Å². The minimum absolute atomic E-state index is 0.362. The summed E-state index contributed by atoms with van der Waals surface area (Å²) in [5.41, 5.74) is 5.41. The summed E-state index contributed by atoms with van der Waals surface area (Å²) < 4.78 is 0. The highest BCUT2D eigenvalue weighted by molar-refractivity contribution is 5.12. The molecule has 0 bridgehead atoms. The maximum absolute atomic E-state index is 8.36. The molecule has 8 nitrogen and oxygen atoms in total. The Morgan fingerprint density at radius 2 is 2.12 bits per heavy atom. The van der Waals surface area contributed by atoms with E-state index in [1.54, 1.807) is 0 Å². The summed E-state index contributed by atoms with van der Waals surface area (Å²) in [4.78, 5) is 12.4. The third kappa shape index (κ3) is 5.69. The standard InChI is InChI=1S/C9H16N4.HNO3/c10-9-11-8(12-13-9)6-5-7-3-1-2-4-7;2-1(3)4/h7H,1-6H2,(H3,10,11,12,13);(H,2,3,4). The molecule has 1 aromatic rings. The van der Waals surface area contributed by atoms with Crippen molar-refractivity contribution < 1.29 is 10.3 Å². The van der Waals surface area contributed by atoms with Crippen molar-refractivity contribution in [1.29, 1.82) is 0 Å². The number of nitrogens with two attached hydrogens (primary N) is 1. The van der Waals surface area contributed by atoms with E-state index in [4.69, 9.17) is 21.1 Å². The molecule has 1 fully saturated rings. The molecule has 1 aliphatic carbocycles. The summed E-state index contributed by atoms with van der Waals surface area (Å²) in [5.74, 6) is 2.21. The van der Waals surface area contributed by atoms with Crippen LogP contribution >= 0.6 is 0 Å². The number of aromatic amines is 1. The molecule has 1 saturated carbocycles. The Balaban J connectivity index is 0.000000317. The van der Waals surface area contributed by atoms with Crippen molar-refractivity contribution in [3.63, 3.8) is 0 Å². The largest absolute Gasteiger partial charge is 0.367 e. The van der Waals surface area contributed by atoms with E-state index in [-0.39, 0.29) is 0 Å². The number of nitrogens with zero attached hydrogens (tertiary/aromatic N) is 3. The number of anilines is 1. The van der Waals surface area contributed by atoms with Crippen LogP contribution < -0.4 is 5.73 Å². The van der Waals surface area contributed by atoms with Crippen LogP contribution in [0.4, 0.5) is 5.95 Å². The van der Waals surface area contributed by atoms with Crippen LogP contribution in [-0.4, -0.2) is 25.5 Å². The zero-order valence-electron chi connectivity index (χ0n) is 9.50. The van der Waals surface area contributed by atoms with E-state index >= 15 is 0 Å². The van der Waals surface area contributed by atoms with Gasteiger partial charge in [-0.2, -0.15) is 4.98 Å². The Morgan fingerprint density at radius 1 is 1.53 bits per heavy atom. The molecule has 8 heteroatoms. The summed E-state index contributed by atoms with van der Waals surface area (Å²) >= 11 is 0. The third-order valence-electron chi connectivity index (χ3n) is 2.81. The molecule has 96 valence electrons. The van der Waals surface area contributed by atoms with Crippen LogP contribution in [-0.2, 0) is 6.42 Å². The van der Waals surface area contributed by atoms with E-state index in [9.17, 15) is 0 Å². The van der Waals surface area contributed by atoms with Gasteiger partial charge in [-0.05, 0) is 12.3 Å². The molecule has 0 saturated heterocycles. The first kappa shape index (κ1) is 13.2. The van der Waals surface area contributed by atoms with Crippen molar-refractivity contribution in [2.45, 2.75) is 38.5 Å². The van der Waals surface area contributed by atoms with Crippen LogP contribution in [0.5, 0.6) is 0 Å². The molecule has 2 rings (SSSR count). The highest BCUT2D eigenvalue weighted by atomic mass is 16.9. The van der Waals surface area contributed by atoms with E-state index < -0.39 is 5.09 Å². The minimum atomic E-state index is -1.50. The normalized spacial score (nSPS) is 15.3. The van der Waals surface area contributed by atoms with E-state index in [0.29, 0.717) is 5.95 Å². The van der Waals surface area contributed by atoms with Crippen molar-refractivity contribution in [2.24, 2.45) is 5.92 Å². The highest BCUT2D eigenvalue weighted by Crippen LogP contribution is 2.28. The number of nitrogen functional groups attached to an aromatic ring is 1. The van der Waals surface area contributed by atoms with Gasteiger partial charge in [-0.25, -0.2) is 0 Å². The third-order valence-corrected chi connectivity index (χ3v) is 2.81. The Labute approximate surface area is 98.3 Å². The number of aryl methyl sites for hydroxylation is 1. The van der Waals surface area contributed by atoms with Gasteiger partial charge in [-0.1, -0.05) is 25.7 Å². The smallest absolute Gasteiger partial charge is 0.291 e. The monoisotopic (exact) mass is 243 g/mol. The van der Waals surface area contributed by atoms with Crippen molar-refractivity contribution in [1.82, 2.24) is 15.2 Å². The van der Waals surface area contributed by atoms with Crippen molar-refractivity contribution in [3.8, 4) is 0 Å². The second-order valence-corrected chi connectivity index (χ2v) is 4.07. The average Bonchev–Trinajstić information content (AvgIpc) is 2.84. The van der Waals surface area contributed by atoms with E-state index in [1.165, 1.54) is 32.1 Å². The Bertz CT molecular complexity index is 344. The van der Waals surface area contributed by atoms with Crippen molar-refractivity contribution in [3.05, 3.63) is 15.9 Å². The van der Waals surface area contributed by atoms with Gasteiger partial charge in [0.2, 0.25) is 5.95 Å². The van der Waals surface area contributed by atoms with Gasteiger partial charge in [0.1, 0.15) is 5.82 Å². The van der Waals surface area contributed by atoms with Crippen LogP contribution in [0.2, 0.25) is 0 Å². The van der Waals surface area contributed by atoms with E-state index in [2.05, 4.69) is 15.2 Å². The number of rotatable bonds is 3. The Kier molecular flexibility index (Phi) is 5.18. The van der Waals surface area contributed by atoms with Crippen LogP contribution in [0.3, 0.4) is 0 Å². The predicted molar refractivity (Wildman–Crippen MR) is 59.9 cm³/mol. The second kappa shape index (κ2) is 6.66. The SMILES string of the molecule is Nc1n[nH]c(CCC2CCCC2)n1.O=[N+]([O-])O. The minimum Gasteiger partial charge on any atom is -0.367 e. The fraction of sp³-hybridized carbons (Fsp3) is 0.778. The summed E-state index contributed by atoms with van der Waals surface area (Å²) in [6, 6.07) is 0. The molecule has 0 aliphatic heterocycles. The number of hydrogen-bond donors (Lipinski definition) is 3.